The van der Waals surface area contributed by atoms with Crippen molar-refractivity contribution in [3.8, 4) is 0 Å². The van der Waals surface area contributed by atoms with Crippen LogP contribution in [0.25, 0.3) is 10.8 Å². The van der Waals surface area contributed by atoms with Gasteiger partial charge in [0, 0.05) is 26.6 Å². The maximum absolute atomic E-state index is 11.4. The minimum atomic E-state index is -0.857. The summed E-state index contributed by atoms with van der Waals surface area (Å²) in [5.74, 6) is -1.61. The average molecular weight is 312 g/mol. The number of fused-ring (bicyclic) bond motifs is 1. The Balaban J connectivity index is 1.80. The van der Waals surface area contributed by atoms with Gasteiger partial charge in [0.1, 0.15) is 0 Å². The number of carboxylic acid groups (broad SMARTS) is 1. The lowest BCUT2D eigenvalue weighted by molar-refractivity contribution is -0.142. The molecule has 0 aliphatic carbocycles. The molecule has 2 atom stereocenters. The van der Waals surface area contributed by atoms with Crippen molar-refractivity contribution >= 4 is 22.6 Å². The molecule has 2 N–H and O–H groups in total. The van der Waals surface area contributed by atoms with Crippen LogP contribution in [0.15, 0.2) is 42.5 Å². The number of hydrogen-bond acceptors (Lipinski definition) is 3. The summed E-state index contributed by atoms with van der Waals surface area (Å²) in [6.45, 7) is 3.11. The number of carbonyl (C=O) groups excluding carboxylic acids is 1. The molecule has 0 unspecified atom stereocenters. The van der Waals surface area contributed by atoms with E-state index >= 15 is 0 Å². The van der Waals surface area contributed by atoms with Gasteiger partial charge in [-0.05, 0) is 16.3 Å². The first-order chi connectivity index (χ1) is 11.0. The first-order valence-electron chi connectivity index (χ1n) is 7.73. The van der Waals surface area contributed by atoms with Crippen molar-refractivity contribution in [1.82, 2.24) is 10.2 Å². The molecule has 23 heavy (non-hydrogen) atoms. The quantitative estimate of drug-likeness (QED) is 0.904. The van der Waals surface area contributed by atoms with Gasteiger partial charge in [-0.15, -0.1) is 0 Å². The van der Waals surface area contributed by atoms with E-state index in [4.69, 9.17) is 0 Å². The summed E-state index contributed by atoms with van der Waals surface area (Å²) < 4.78 is 0. The van der Waals surface area contributed by atoms with Gasteiger partial charge in [0.25, 0.3) is 0 Å². The van der Waals surface area contributed by atoms with Crippen molar-refractivity contribution in [3.05, 3.63) is 48.0 Å². The van der Waals surface area contributed by atoms with Crippen molar-refractivity contribution in [3.63, 3.8) is 0 Å². The number of carbonyl (C=O) groups is 2. The van der Waals surface area contributed by atoms with Gasteiger partial charge in [-0.2, -0.15) is 0 Å². The Morgan fingerprint density at radius 2 is 1.91 bits per heavy atom. The number of likely N-dealkylation sites (tertiary alicyclic amines) is 1. The number of amides is 1. The lowest BCUT2D eigenvalue weighted by atomic mass is 10.0. The smallest absolute Gasteiger partial charge is 0.309 e. The number of rotatable bonds is 4. The van der Waals surface area contributed by atoms with Crippen LogP contribution < -0.4 is 5.32 Å². The van der Waals surface area contributed by atoms with Crippen LogP contribution in [0, 0.1) is 5.92 Å². The molecule has 1 fully saturated rings. The summed E-state index contributed by atoms with van der Waals surface area (Å²) >= 11 is 0. The fourth-order valence-electron chi connectivity index (χ4n) is 3.34. The average Bonchev–Trinajstić information content (AvgIpc) is 2.89. The Labute approximate surface area is 134 Å². The monoisotopic (exact) mass is 312 g/mol. The van der Waals surface area contributed by atoms with Crippen LogP contribution in [-0.4, -0.2) is 41.0 Å². The Kier molecular flexibility index (Phi) is 4.30. The highest BCUT2D eigenvalue weighted by atomic mass is 16.4. The first kappa shape index (κ1) is 15.5. The second-order valence-corrected chi connectivity index (χ2v) is 6.08. The van der Waals surface area contributed by atoms with E-state index < -0.39 is 11.9 Å². The molecule has 1 aliphatic rings. The lowest BCUT2D eigenvalue weighted by Gasteiger charge is -2.17. The van der Waals surface area contributed by atoms with Crippen LogP contribution in [0.4, 0.5) is 0 Å². The van der Waals surface area contributed by atoms with E-state index in [9.17, 15) is 14.7 Å². The molecule has 2 aromatic rings. The van der Waals surface area contributed by atoms with Gasteiger partial charge in [0.05, 0.1) is 12.0 Å². The van der Waals surface area contributed by atoms with Crippen LogP contribution >= 0.6 is 0 Å². The summed E-state index contributed by atoms with van der Waals surface area (Å²) in [5, 5.41) is 14.5. The summed E-state index contributed by atoms with van der Waals surface area (Å²) in [6, 6.07) is 14.0. The molecule has 0 bridgehead atoms. The maximum Gasteiger partial charge on any atom is 0.309 e. The van der Waals surface area contributed by atoms with Crippen LogP contribution in [0.1, 0.15) is 12.5 Å². The van der Waals surface area contributed by atoms with Crippen molar-refractivity contribution in [2.24, 2.45) is 5.92 Å². The molecule has 0 radical (unpaired) electrons. The predicted octanol–water partition coefficient (Wildman–Crippen LogP) is 1.86. The van der Waals surface area contributed by atoms with Gasteiger partial charge in [0.15, 0.2) is 0 Å². The normalized spacial score (nSPS) is 21.4. The van der Waals surface area contributed by atoms with Gasteiger partial charge in [-0.1, -0.05) is 42.5 Å². The second kappa shape index (κ2) is 6.38. The topological polar surface area (TPSA) is 69.6 Å². The number of hydrogen-bond donors (Lipinski definition) is 2. The van der Waals surface area contributed by atoms with E-state index in [0.29, 0.717) is 19.6 Å². The molecule has 2 aromatic carbocycles. The third-order valence-electron chi connectivity index (χ3n) is 4.38. The van der Waals surface area contributed by atoms with Gasteiger partial charge in [-0.3, -0.25) is 14.5 Å². The minimum absolute atomic E-state index is 0.187. The summed E-state index contributed by atoms with van der Waals surface area (Å²) in [5.41, 5.74) is 1.18. The van der Waals surface area contributed by atoms with E-state index in [1.807, 2.05) is 18.2 Å². The molecule has 1 saturated heterocycles. The second-order valence-electron chi connectivity index (χ2n) is 6.08. The Bertz CT molecular complexity index is 739. The Morgan fingerprint density at radius 3 is 2.65 bits per heavy atom. The van der Waals surface area contributed by atoms with E-state index in [1.54, 1.807) is 0 Å². The zero-order valence-corrected chi connectivity index (χ0v) is 13.0. The molecular formula is C18H20N2O3. The standard InChI is InChI=1S/C18H20N2O3/c1-12(21)19-17-11-20(10-16(17)18(22)23)9-14-7-4-6-13-5-2-3-8-15(13)14/h2-8,16-17H,9-11H2,1H3,(H,19,21)(H,22,23)/t16-,17+/m1/s1. The lowest BCUT2D eigenvalue weighted by Crippen LogP contribution is -2.41. The Morgan fingerprint density at radius 1 is 1.17 bits per heavy atom. The number of nitrogens with zero attached hydrogens (tertiary/aromatic N) is 1. The third-order valence-corrected chi connectivity index (χ3v) is 4.38. The molecule has 5 nitrogen and oxygen atoms in total. The van der Waals surface area contributed by atoms with Crippen LogP contribution in [-0.2, 0) is 16.1 Å². The molecule has 5 heteroatoms. The SMILES string of the molecule is CC(=O)N[C@H]1CN(Cc2cccc3ccccc23)C[C@H]1C(=O)O. The minimum Gasteiger partial charge on any atom is -0.481 e. The highest BCUT2D eigenvalue weighted by Crippen LogP contribution is 2.24. The van der Waals surface area contributed by atoms with Crippen LogP contribution in [0.3, 0.4) is 0 Å². The first-order valence-corrected chi connectivity index (χ1v) is 7.73. The molecule has 0 spiro atoms. The molecule has 1 aliphatic heterocycles. The molecule has 0 saturated carbocycles. The van der Waals surface area contributed by atoms with Gasteiger partial charge in [-0.25, -0.2) is 0 Å². The maximum atomic E-state index is 11.4. The molecule has 120 valence electrons. The summed E-state index contributed by atoms with van der Waals surface area (Å²) in [4.78, 5) is 24.8. The van der Waals surface area contributed by atoms with Crippen LogP contribution in [0.2, 0.25) is 0 Å². The van der Waals surface area contributed by atoms with Crippen molar-refractivity contribution in [1.29, 1.82) is 0 Å². The number of aliphatic carboxylic acids is 1. The number of benzene rings is 2. The van der Waals surface area contributed by atoms with Gasteiger partial charge in [0.2, 0.25) is 5.91 Å². The fourth-order valence-corrected chi connectivity index (χ4v) is 3.34. The summed E-state index contributed by atoms with van der Waals surface area (Å²) in [6.07, 6.45) is 0. The van der Waals surface area contributed by atoms with E-state index in [-0.39, 0.29) is 11.9 Å². The highest BCUT2D eigenvalue weighted by Gasteiger charge is 2.38. The van der Waals surface area contributed by atoms with E-state index in [1.165, 1.54) is 23.3 Å². The van der Waals surface area contributed by atoms with Crippen molar-refractivity contribution < 1.29 is 14.7 Å². The van der Waals surface area contributed by atoms with E-state index in [2.05, 4.69) is 34.5 Å². The molecule has 1 amide bonds. The number of nitrogens with one attached hydrogen (secondary N) is 1. The van der Waals surface area contributed by atoms with Gasteiger partial charge >= 0.3 is 5.97 Å². The van der Waals surface area contributed by atoms with Gasteiger partial charge < -0.3 is 10.4 Å². The zero-order chi connectivity index (χ0) is 16.4. The van der Waals surface area contributed by atoms with Crippen molar-refractivity contribution in [2.75, 3.05) is 13.1 Å². The largest absolute Gasteiger partial charge is 0.481 e. The predicted molar refractivity (Wildman–Crippen MR) is 88.0 cm³/mol. The number of carboxylic acids is 1. The Hall–Kier alpha value is -2.40. The van der Waals surface area contributed by atoms with Crippen LogP contribution in [0.5, 0.6) is 0 Å². The molecule has 1 heterocycles. The molecular weight excluding hydrogens is 292 g/mol. The molecule has 3 rings (SSSR count). The summed E-state index contributed by atoms with van der Waals surface area (Å²) in [7, 11) is 0. The van der Waals surface area contributed by atoms with E-state index in [0.717, 1.165) is 0 Å². The fraction of sp³-hybridized carbons (Fsp3) is 0.333. The van der Waals surface area contributed by atoms with Crippen molar-refractivity contribution in [2.45, 2.75) is 19.5 Å². The zero-order valence-electron chi connectivity index (χ0n) is 13.0. The third kappa shape index (κ3) is 3.35. The highest BCUT2D eigenvalue weighted by molar-refractivity contribution is 5.85. The molecule has 0 aromatic heterocycles.